The molecule has 1 unspecified atom stereocenters. The van der Waals surface area contributed by atoms with E-state index in [1.165, 1.54) is 0 Å². The molecular weight excluding hydrogens is 168 g/mol. The SMILES string of the molecule is CC(O)c1cccc(NC(N)=O)c1. The van der Waals surface area contributed by atoms with E-state index in [4.69, 9.17) is 5.73 Å². The Morgan fingerprint density at radius 1 is 1.62 bits per heavy atom. The number of nitrogens with two attached hydrogens (primary N) is 1. The van der Waals surface area contributed by atoms with Crippen LogP contribution in [0, 0.1) is 0 Å². The summed E-state index contributed by atoms with van der Waals surface area (Å²) in [6, 6.07) is 6.29. The number of hydrogen-bond acceptors (Lipinski definition) is 2. The largest absolute Gasteiger partial charge is 0.389 e. The number of amides is 2. The predicted octanol–water partition coefficient (Wildman–Crippen LogP) is 1.23. The van der Waals surface area contributed by atoms with Crippen LogP contribution in [0.1, 0.15) is 18.6 Å². The fourth-order valence-corrected chi connectivity index (χ4v) is 1.02. The third-order valence-corrected chi connectivity index (χ3v) is 1.64. The van der Waals surface area contributed by atoms with Gasteiger partial charge in [-0.1, -0.05) is 12.1 Å². The van der Waals surface area contributed by atoms with Crippen LogP contribution in [0.2, 0.25) is 0 Å². The Balaban J connectivity index is 2.85. The zero-order valence-corrected chi connectivity index (χ0v) is 7.32. The van der Waals surface area contributed by atoms with Gasteiger partial charge in [0.15, 0.2) is 0 Å². The van der Waals surface area contributed by atoms with Gasteiger partial charge in [-0.3, -0.25) is 0 Å². The molecule has 0 bridgehead atoms. The van der Waals surface area contributed by atoms with E-state index in [2.05, 4.69) is 5.32 Å². The molecule has 70 valence electrons. The maximum Gasteiger partial charge on any atom is 0.316 e. The lowest BCUT2D eigenvalue weighted by atomic mass is 10.1. The second-order valence-corrected chi connectivity index (χ2v) is 2.79. The van der Waals surface area contributed by atoms with E-state index < -0.39 is 12.1 Å². The molecule has 0 aliphatic carbocycles. The summed E-state index contributed by atoms with van der Waals surface area (Å²) >= 11 is 0. The molecule has 4 N–H and O–H groups in total. The van der Waals surface area contributed by atoms with Crippen molar-refractivity contribution in [3.8, 4) is 0 Å². The molecule has 13 heavy (non-hydrogen) atoms. The molecule has 1 aromatic carbocycles. The molecule has 1 atom stereocenters. The van der Waals surface area contributed by atoms with Gasteiger partial charge < -0.3 is 16.2 Å². The number of urea groups is 1. The van der Waals surface area contributed by atoms with E-state index in [1.807, 2.05) is 0 Å². The van der Waals surface area contributed by atoms with Crippen molar-refractivity contribution >= 4 is 11.7 Å². The number of aliphatic hydroxyl groups is 1. The molecule has 0 aliphatic heterocycles. The van der Waals surface area contributed by atoms with Crippen molar-refractivity contribution in [2.45, 2.75) is 13.0 Å². The zero-order valence-electron chi connectivity index (χ0n) is 7.32. The van der Waals surface area contributed by atoms with Crippen molar-refractivity contribution in [1.29, 1.82) is 0 Å². The van der Waals surface area contributed by atoms with Crippen molar-refractivity contribution in [2.75, 3.05) is 5.32 Å². The molecule has 0 saturated heterocycles. The van der Waals surface area contributed by atoms with Crippen molar-refractivity contribution in [2.24, 2.45) is 5.73 Å². The first kappa shape index (κ1) is 9.54. The van der Waals surface area contributed by atoms with Crippen molar-refractivity contribution in [3.63, 3.8) is 0 Å². The summed E-state index contributed by atoms with van der Waals surface area (Å²) in [7, 11) is 0. The predicted molar refractivity (Wildman–Crippen MR) is 50.3 cm³/mol. The standard InChI is InChI=1S/C9H12N2O2/c1-6(12)7-3-2-4-8(5-7)11-9(10)13/h2-6,12H,1H3,(H3,10,11,13). The van der Waals surface area contributed by atoms with Gasteiger partial charge in [0.2, 0.25) is 0 Å². The summed E-state index contributed by atoms with van der Waals surface area (Å²) in [5.74, 6) is 0. The highest BCUT2D eigenvalue weighted by Gasteiger charge is 2.01. The molecule has 0 fully saturated rings. The van der Waals surface area contributed by atoms with Crippen molar-refractivity contribution in [1.82, 2.24) is 0 Å². The molecule has 0 spiro atoms. The first-order valence-electron chi connectivity index (χ1n) is 3.94. The van der Waals surface area contributed by atoms with E-state index in [0.29, 0.717) is 5.69 Å². The lowest BCUT2D eigenvalue weighted by Gasteiger charge is -2.07. The van der Waals surface area contributed by atoms with Gasteiger partial charge in [-0.25, -0.2) is 4.79 Å². The molecule has 0 saturated carbocycles. The fourth-order valence-electron chi connectivity index (χ4n) is 1.02. The van der Waals surface area contributed by atoms with Crippen LogP contribution in [-0.2, 0) is 0 Å². The highest BCUT2D eigenvalue weighted by molar-refractivity contribution is 5.87. The van der Waals surface area contributed by atoms with Gasteiger partial charge in [-0.05, 0) is 24.6 Å². The Hall–Kier alpha value is -1.55. The molecule has 0 aromatic heterocycles. The molecule has 1 aromatic rings. The van der Waals surface area contributed by atoms with Crippen LogP contribution < -0.4 is 11.1 Å². The van der Waals surface area contributed by atoms with Crippen LogP contribution in [0.25, 0.3) is 0 Å². The Labute approximate surface area is 76.4 Å². The zero-order chi connectivity index (χ0) is 9.84. The highest BCUT2D eigenvalue weighted by atomic mass is 16.3. The molecule has 2 amide bonds. The number of benzene rings is 1. The van der Waals surface area contributed by atoms with Crippen LogP contribution in [-0.4, -0.2) is 11.1 Å². The van der Waals surface area contributed by atoms with E-state index in [0.717, 1.165) is 5.56 Å². The molecule has 1 rings (SSSR count). The van der Waals surface area contributed by atoms with Gasteiger partial charge in [0.1, 0.15) is 0 Å². The van der Waals surface area contributed by atoms with Gasteiger partial charge >= 0.3 is 6.03 Å². The van der Waals surface area contributed by atoms with Gasteiger partial charge in [0.25, 0.3) is 0 Å². The van der Waals surface area contributed by atoms with Gasteiger partial charge in [-0.15, -0.1) is 0 Å². The lowest BCUT2D eigenvalue weighted by Crippen LogP contribution is -2.19. The highest BCUT2D eigenvalue weighted by Crippen LogP contribution is 2.16. The molecule has 0 radical (unpaired) electrons. The second kappa shape index (κ2) is 3.91. The maximum atomic E-state index is 10.5. The lowest BCUT2D eigenvalue weighted by molar-refractivity contribution is 0.199. The van der Waals surface area contributed by atoms with E-state index in [9.17, 15) is 9.90 Å². The number of primary amides is 1. The Morgan fingerprint density at radius 2 is 2.31 bits per heavy atom. The topological polar surface area (TPSA) is 75.3 Å². The summed E-state index contributed by atoms with van der Waals surface area (Å²) < 4.78 is 0. The number of carbonyl (C=O) groups is 1. The number of hydrogen-bond donors (Lipinski definition) is 3. The second-order valence-electron chi connectivity index (χ2n) is 2.79. The Morgan fingerprint density at radius 3 is 2.85 bits per heavy atom. The average molecular weight is 180 g/mol. The number of anilines is 1. The fraction of sp³-hybridized carbons (Fsp3) is 0.222. The number of aliphatic hydroxyl groups excluding tert-OH is 1. The smallest absolute Gasteiger partial charge is 0.316 e. The summed E-state index contributed by atoms with van der Waals surface area (Å²) in [5.41, 5.74) is 6.27. The van der Waals surface area contributed by atoms with Gasteiger partial charge in [0.05, 0.1) is 6.10 Å². The van der Waals surface area contributed by atoms with Crippen LogP contribution in [0.4, 0.5) is 10.5 Å². The summed E-state index contributed by atoms with van der Waals surface area (Å²) in [4.78, 5) is 10.5. The van der Waals surface area contributed by atoms with Crippen LogP contribution in [0.15, 0.2) is 24.3 Å². The van der Waals surface area contributed by atoms with Crippen molar-refractivity contribution < 1.29 is 9.90 Å². The minimum absolute atomic E-state index is 0.547. The first-order chi connectivity index (χ1) is 6.09. The average Bonchev–Trinajstić information content (AvgIpc) is 2.03. The van der Waals surface area contributed by atoms with Crippen molar-refractivity contribution in [3.05, 3.63) is 29.8 Å². The van der Waals surface area contributed by atoms with Gasteiger partial charge in [-0.2, -0.15) is 0 Å². The van der Waals surface area contributed by atoms with Crippen LogP contribution in [0.5, 0.6) is 0 Å². The van der Waals surface area contributed by atoms with E-state index >= 15 is 0 Å². The maximum absolute atomic E-state index is 10.5. The number of nitrogens with one attached hydrogen (secondary N) is 1. The van der Waals surface area contributed by atoms with Crippen LogP contribution >= 0.6 is 0 Å². The minimum Gasteiger partial charge on any atom is -0.389 e. The molecular formula is C9H12N2O2. The quantitative estimate of drug-likeness (QED) is 0.640. The molecule has 0 heterocycles. The first-order valence-corrected chi connectivity index (χ1v) is 3.94. The minimum atomic E-state index is -0.609. The summed E-state index contributed by atoms with van der Waals surface area (Å²) in [6.45, 7) is 1.66. The molecule has 4 heteroatoms. The normalized spacial score (nSPS) is 12.2. The monoisotopic (exact) mass is 180 g/mol. The Kier molecular flexibility index (Phi) is 2.87. The number of carbonyl (C=O) groups excluding carboxylic acids is 1. The molecule has 0 aliphatic rings. The van der Waals surface area contributed by atoms with Crippen LogP contribution in [0.3, 0.4) is 0 Å². The van der Waals surface area contributed by atoms with E-state index in [1.54, 1.807) is 31.2 Å². The third kappa shape index (κ3) is 2.76. The Bertz CT molecular complexity index is 310. The third-order valence-electron chi connectivity index (χ3n) is 1.64. The summed E-state index contributed by atoms with van der Waals surface area (Å²) in [6.07, 6.45) is -0.547. The van der Waals surface area contributed by atoms with E-state index in [-0.39, 0.29) is 0 Å². The summed E-state index contributed by atoms with van der Waals surface area (Å²) in [5, 5.41) is 11.7. The number of rotatable bonds is 2. The van der Waals surface area contributed by atoms with Gasteiger partial charge in [0, 0.05) is 5.69 Å². The molecule has 4 nitrogen and oxygen atoms in total.